The first kappa shape index (κ1) is 40.7. The predicted molar refractivity (Wildman–Crippen MR) is 227 cm³/mol. The molecular weight excluding hydrogens is 783 g/mol. The molecule has 0 bridgehead atoms. The van der Waals surface area contributed by atoms with E-state index in [0.717, 1.165) is 32.4 Å². The molecule has 2 aromatic carbocycles. The largest absolute Gasteiger partial charge is 0.490 e. The van der Waals surface area contributed by atoms with Crippen LogP contribution in [0.2, 0.25) is 0 Å². The molecule has 61 heavy (non-hydrogen) atoms. The molecule has 4 aromatic heterocycles. The first-order valence-electron chi connectivity index (χ1n) is 20.5. The Bertz CT molecular complexity index is 2540. The van der Waals surface area contributed by atoms with Crippen LogP contribution < -0.4 is 31.6 Å². The number of aryl methyl sites for hydroxylation is 4. The maximum Gasteiger partial charge on any atom is 0.276 e. The van der Waals surface area contributed by atoms with Crippen molar-refractivity contribution >= 4 is 57.6 Å². The highest BCUT2D eigenvalue weighted by Gasteiger charge is 2.28. The average molecular weight is 832 g/mol. The maximum atomic E-state index is 13.8. The molecule has 1 fully saturated rings. The summed E-state index contributed by atoms with van der Waals surface area (Å²) in [4.78, 5) is 64.9. The number of nitrogens with zero attached hydrogens (tertiary/aromatic N) is 9. The number of likely N-dealkylation sites (tertiary alicyclic amines) is 1. The quantitative estimate of drug-likeness (QED) is 0.152. The average Bonchev–Trinajstić information content (AvgIpc) is 4.01. The van der Waals surface area contributed by atoms with Gasteiger partial charge in [0.1, 0.15) is 47.1 Å². The molecule has 2 aliphatic rings. The summed E-state index contributed by atoms with van der Waals surface area (Å²) in [7, 11) is 0. The molecule has 0 spiro atoms. The molecule has 0 radical (unpaired) electrons. The van der Waals surface area contributed by atoms with Gasteiger partial charge in [0.05, 0.1) is 28.5 Å². The second-order valence-corrected chi connectivity index (χ2v) is 15.2. The highest BCUT2D eigenvalue weighted by atomic mass is 16.5. The van der Waals surface area contributed by atoms with Crippen LogP contribution in [0.5, 0.6) is 11.5 Å². The van der Waals surface area contributed by atoms with E-state index in [1.165, 1.54) is 0 Å². The van der Waals surface area contributed by atoms with Crippen molar-refractivity contribution in [2.45, 2.75) is 79.2 Å². The number of ether oxygens (including phenoxy) is 2. The van der Waals surface area contributed by atoms with E-state index in [9.17, 15) is 19.2 Å². The lowest BCUT2D eigenvalue weighted by Gasteiger charge is -2.34. The Labute approximate surface area is 350 Å². The van der Waals surface area contributed by atoms with Crippen molar-refractivity contribution < 1.29 is 28.7 Å². The van der Waals surface area contributed by atoms with Crippen LogP contribution in [0.25, 0.3) is 22.1 Å². The van der Waals surface area contributed by atoms with Gasteiger partial charge < -0.3 is 30.1 Å². The van der Waals surface area contributed by atoms with Crippen molar-refractivity contribution in [3.05, 3.63) is 82.5 Å². The third-order valence-electron chi connectivity index (χ3n) is 11.0. The van der Waals surface area contributed by atoms with Crippen LogP contribution in [0.4, 0.5) is 11.9 Å². The summed E-state index contributed by atoms with van der Waals surface area (Å²) in [5.41, 5.74) is 16.0. The molecule has 0 aliphatic carbocycles. The van der Waals surface area contributed by atoms with Crippen molar-refractivity contribution in [3.8, 4) is 11.5 Å². The van der Waals surface area contributed by atoms with Crippen molar-refractivity contribution in [2.24, 2.45) is 11.5 Å². The van der Waals surface area contributed by atoms with Gasteiger partial charge in [-0.1, -0.05) is 18.6 Å². The maximum absolute atomic E-state index is 13.8. The molecule has 2 aliphatic heterocycles. The highest BCUT2D eigenvalue weighted by molar-refractivity contribution is 6.05. The molecule has 0 atom stereocenters. The van der Waals surface area contributed by atoms with Crippen molar-refractivity contribution in [1.82, 2.24) is 43.6 Å². The second-order valence-electron chi connectivity index (χ2n) is 15.2. The molecule has 6 heterocycles. The van der Waals surface area contributed by atoms with Crippen LogP contribution in [0.1, 0.15) is 86.2 Å². The Morgan fingerprint density at radius 1 is 0.672 bits per heavy atom. The van der Waals surface area contributed by atoms with E-state index in [1.54, 1.807) is 45.8 Å². The lowest BCUT2D eigenvalue weighted by molar-refractivity contribution is 0.0770. The van der Waals surface area contributed by atoms with Gasteiger partial charge in [-0.25, -0.2) is 9.97 Å². The fraction of sp³-hybridized carbons (Fsp3) is 0.381. The monoisotopic (exact) mass is 831 g/mol. The normalized spacial score (nSPS) is 15.7. The molecule has 0 saturated carbocycles. The molecule has 6 aromatic rings. The number of hydrogen-bond acceptors (Lipinski definition) is 11. The molecule has 0 unspecified atom stereocenters. The van der Waals surface area contributed by atoms with E-state index in [4.69, 9.17) is 30.9 Å². The number of anilines is 2. The minimum atomic E-state index is -0.665. The standard InChI is InChI=1S/C42H49N13O6/c1-5-54-31(16-24(3)49-54)39(58)47-41-45-29-18-26(37(43)56)20-33-35(29)52(41)14-10-11-15-53-36-30(46-42(53)48-40(59)32-17-25(4)50-55(32)6-2)19-27(38(44)57)21-34(36)61-23-28(22-60-33)51-12-8-7-9-13-51/h10-11,16-21,28H,5-9,12-15,22-23H2,1-4H3,(H2,43,56)(H2,44,57)(H,45,47,58)(H,46,48,59)/b11-10+. The number of allylic oxidation sites excluding steroid dienone is 2. The van der Waals surface area contributed by atoms with E-state index in [0.29, 0.717) is 69.4 Å². The summed E-state index contributed by atoms with van der Waals surface area (Å²) in [5, 5.41) is 14.8. The smallest absolute Gasteiger partial charge is 0.276 e. The molecule has 4 amide bonds. The number of imidazole rings is 2. The summed E-state index contributed by atoms with van der Waals surface area (Å²) >= 11 is 0. The Hall–Kier alpha value is -7.02. The van der Waals surface area contributed by atoms with Crippen LogP contribution in [-0.4, -0.2) is 99.5 Å². The highest BCUT2D eigenvalue weighted by Crippen LogP contribution is 2.34. The number of benzene rings is 2. The lowest BCUT2D eigenvalue weighted by atomic mass is 10.1. The number of amides is 4. The number of rotatable bonds is 9. The Kier molecular flexibility index (Phi) is 11.3. The summed E-state index contributed by atoms with van der Waals surface area (Å²) in [6.45, 7) is 10.7. The topological polar surface area (TPSA) is 237 Å². The summed E-state index contributed by atoms with van der Waals surface area (Å²) in [6.07, 6.45) is 6.83. The van der Waals surface area contributed by atoms with Gasteiger partial charge >= 0.3 is 0 Å². The summed E-state index contributed by atoms with van der Waals surface area (Å²) < 4.78 is 20.2. The van der Waals surface area contributed by atoms with E-state index in [1.807, 2.05) is 49.0 Å². The first-order valence-corrected chi connectivity index (χ1v) is 20.5. The zero-order valence-electron chi connectivity index (χ0n) is 34.6. The molecule has 8 rings (SSSR count). The van der Waals surface area contributed by atoms with E-state index in [-0.39, 0.29) is 55.4 Å². The fourth-order valence-corrected chi connectivity index (χ4v) is 8.06. The number of carbonyl (C=O) groups is 4. The molecule has 6 N–H and O–H groups in total. The molecular formula is C42H49N13O6. The zero-order valence-corrected chi connectivity index (χ0v) is 34.6. The van der Waals surface area contributed by atoms with Crippen molar-refractivity contribution in [2.75, 3.05) is 36.9 Å². The van der Waals surface area contributed by atoms with E-state index < -0.39 is 23.6 Å². The number of aromatic nitrogens is 8. The van der Waals surface area contributed by atoms with Crippen molar-refractivity contribution in [3.63, 3.8) is 0 Å². The van der Waals surface area contributed by atoms with E-state index in [2.05, 4.69) is 25.7 Å². The summed E-state index contributed by atoms with van der Waals surface area (Å²) in [6, 6.07) is 9.46. The zero-order chi connectivity index (χ0) is 42.9. The SMILES string of the molecule is CCn1nc(C)cc1C(=O)Nc1nc2cc(C(N)=O)cc3c2n1C/C=C/Cn1c(NC(=O)c2cc(C)nn2CC)nc2cc(C(N)=O)cc(c21)OCC(N1CCCCC1)CO3. The predicted octanol–water partition coefficient (Wildman–Crippen LogP) is 4.02. The third-order valence-corrected chi connectivity index (χ3v) is 11.0. The van der Waals surface area contributed by atoms with Gasteiger partial charge in [-0.2, -0.15) is 10.2 Å². The first-order chi connectivity index (χ1) is 29.4. The minimum absolute atomic E-state index is 0.138. The molecule has 318 valence electrons. The van der Waals surface area contributed by atoms with Crippen LogP contribution in [0.15, 0.2) is 48.6 Å². The van der Waals surface area contributed by atoms with Gasteiger partial charge in [0.2, 0.25) is 23.7 Å². The number of primary amides is 2. The molecule has 1 saturated heterocycles. The van der Waals surface area contributed by atoms with Crippen LogP contribution in [0, 0.1) is 13.8 Å². The Morgan fingerprint density at radius 3 is 1.52 bits per heavy atom. The minimum Gasteiger partial charge on any atom is -0.490 e. The van der Waals surface area contributed by atoms with Crippen molar-refractivity contribution in [1.29, 1.82) is 0 Å². The van der Waals surface area contributed by atoms with Gasteiger partial charge in [0, 0.05) is 37.3 Å². The van der Waals surface area contributed by atoms with Gasteiger partial charge in [-0.15, -0.1) is 0 Å². The number of nitrogens with two attached hydrogens (primary N) is 2. The summed E-state index contributed by atoms with van der Waals surface area (Å²) in [5.74, 6) is -1.05. The van der Waals surface area contributed by atoms with Gasteiger partial charge in [-0.05, 0) is 90.0 Å². The fourth-order valence-electron chi connectivity index (χ4n) is 8.06. The molecule has 19 nitrogen and oxygen atoms in total. The lowest BCUT2D eigenvalue weighted by Crippen LogP contribution is -2.46. The number of nitrogens with one attached hydrogen (secondary N) is 2. The second kappa shape index (κ2) is 16.9. The van der Waals surface area contributed by atoms with Gasteiger partial charge in [0.25, 0.3) is 11.8 Å². The number of hydrogen-bond donors (Lipinski definition) is 4. The Balaban J connectivity index is 1.27. The van der Waals surface area contributed by atoms with E-state index >= 15 is 0 Å². The number of piperidine rings is 1. The van der Waals surface area contributed by atoms with Crippen LogP contribution >= 0.6 is 0 Å². The van der Waals surface area contributed by atoms with Crippen LogP contribution in [-0.2, 0) is 26.2 Å². The molecule has 19 heteroatoms. The van der Waals surface area contributed by atoms with Gasteiger partial charge in [-0.3, -0.25) is 44.1 Å². The number of carbonyl (C=O) groups excluding carboxylic acids is 4. The third kappa shape index (κ3) is 8.15. The van der Waals surface area contributed by atoms with Crippen LogP contribution in [0.3, 0.4) is 0 Å². The van der Waals surface area contributed by atoms with Gasteiger partial charge in [0.15, 0.2) is 0 Å². The Morgan fingerprint density at radius 2 is 1.11 bits per heavy atom.